The highest BCUT2D eigenvalue weighted by Crippen LogP contribution is 2.28. The van der Waals surface area contributed by atoms with E-state index in [1.165, 1.54) is 12.1 Å². The second-order valence-corrected chi connectivity index (χ2v) is 6.16. The summed E-state index contributed by atoms with van der Waals surface area (Å²) in [7, 11) is 1.94. The van der Waals surface area contributed by atoms with Crippen molar-refractivity contribution in [2.75, 3.05) is 19.8 Å². The van der Waals surface area contributed by atoms with Crippen LogP contribution in [0.1, 0.15) is 22.1 Å². The first-order valence-corrected chi connectivity index (χ1v) is 8.19. The third-order valence-electron chi connectivity index (χ3n) is 4.61. The molecule has 0 N–H and O–H groups in total. The zero-order valence-corrected chi connectivity index (χ0v) is 13.9. The lowest BCUT2D eigenvalue weighted by atomic mass is 10.1. The van der Waals surface area contributed by atoms with Gasteiger partial charge in [-0.2, -0.15) is 0 Å². The van der Waals surface area contributed by atoms with Gasteiger partial charge in [0.25, 0.3) is 5.91 Å². The smallest absolute Gasteiger partial charge is 0.256 e. The summed E-state index contributed by atoms with van der Waals surface area (Å²) < 4.78 is 21.6. The molecule has 0 radical (unpaired) electrons. The van der Waals surface area contributed by atoms with E-state index >= 15 is 0 Å². The third kappa shape index (κ3) is 2.78. The van der Waals surface area contributed by atoms with E-state index in [9.17, 15) is 9.18 Å². The summed E-state index contributed by atoms with van der Waals surface area (Å²) in [5, 5.41) is 0.620. The summed E-state index contributed by atoms with van der Waals surface area (Å²) in [6, 6.07) is 9.87. The van der Waals surface area contributed by atoms with Gasteiger partial charge in [0.1, 0.15) is 5.82 Å². The molecule has 4 rings (SSSR count). The Bertz CT molecular complexity index is 937. The summed E-state index contributed by atoms with van der Waals surface area (Å²) in [6.45, 7) is 1.34. The zero-order chi connectivity index (χ0) is 17.4. The molecule has 0 saturated carbocycles. The summed E-state index contributed by atoms with van der Waals surface area (Å²) in [5.41, 5.74) is 1.80. The van der Waals surface area contributed by atoms with Crippen LogP contribution in [0.4, 0.5) is 4.39 Å². The van der Waals surface area contributed by atoms with E-state index in [1.807, 2.05) is 29.9 Å². The maximum absolute atomic E-state index is 14.0. The van der Waals surface area contributed by atoms with E-state index in [-0.39, 0.29) is 17.5 Å². The molecule has 1 aliphatic heterocycles. The van der Waals surface area contributed by atoms with E-state index in [0.29, 0.717) is 30.7 Å². The molecule has 1 aliphatic rings. The molecule has 0 unspecified atom stereocenters. The van der Waals surface area contributed by atoms with Crippen LogP contribution in [0.15, 0.2) is 48.8 Å². The van der Waals surface area contributed by atoms with Crippen molar-refractivity contribution in [2.45, 2.75) is 6.04 Å². The quantitative estimate of drug-likeness (QED) is 0.721. The Kier molecular flexibility index (Phi) is 3.97. The van der Waals surface area contributed by atoms with Crippen molar-refractivity contribution in [3.63, 3.8) is 0 Å². The number of aromatic nitrogens is 2. The predicted molar refractivity (Wildman–Crippen MR) is 91.7 cm³/mol. The van der Waals surface area contributed by atoms with Gasteiger partial charge in [-0.15, -0.1) is 0 Å². The number of amides is 1. The SMILES string of the molecule is Cn1cccc1[C@H]1COCCN1C(=O)c1cc(F)cc2cccnc12. The van der Waals surface area contributed by atoms with Gasteiger partial charge in [-0.1, -0.05) is 6.07 Å². The molecule has 0 aliphatic carbocycles. The third-order valence-corrected chi connectivity index (χ3v) is 4.61. The number of ether oxygens (including phenoxy) is 1. The monoisotopic (exact) mass is 339 g/mol. The van der Waals surface area contributed by atoms with Gasteiger partial charge in [0.15, 0.2) is 0 Å². The molecule has 0 spiro atoms. The largest absolute Gasteiger partial charge is 0.377 e. The maximum atomic E-state index is 14.0. The van der Waals surface area contributed by atoms with Gasteiger partial charge in [-0.25, -0.2) is 4.39 Å². The Hall–Kier alpha value is -2.73. The Labute approximate surface area is 144 Å². The number of fused-ring (bicyclic) bond motifs is 1. The number of hydrogen-bond acceptors (Lipinski definition) is 3. The second kappa shape index (κ2) is 6.29. The lowest BCUT2D eigenvalue weighted by molar-refractivity contribution is -0.00455. The Morgan fingerprint density at radius 3 is 3.00 bits per heavy atom. The molecule has 1 fully saturated rings. The lowest BCUT2D eigenvalue weighted by Gasteiger charge is -2.36. The number of pyridine rings is 1. The molecule has 3 heterocycles. The van der Waals surface area contributed by atoms with Crippen molar-refractivity contribution in [1.29, 1.82) is 0 Å². The highest BCUT2D eigenvalue weighted by molar-refractivity contribution is 6.05. The molecule has 1 amide bonds. The van der Waals surface area contributed by atoms with Gasteiger partial charge < -0.3 is 14.2 Å². The standard InChI is InChI=1S/C19H18FN3O2/c1-22-7-3-5-16(22)17-12-25-9-8-23(17)19(24)15-11-14(20)10-13-4-2-6-21-18(13)15/h2-7,10-11,17H,8-9,12H2,1H3/t17-/m1/s1. The maximum Gasteiger partial charge on any atom is 0.256 e. The topological polar surface area (TPSA) is 47.4 Å². The molecule has 1 saturated heterocycles. The highest BCUT2D eigenvalue weighted by atomic mass is 19.1. The van der Waals surface area contributed by atoms with Gasteiger partial charge in [-0.05, 0) is 30.3 Å². The van der Waals surface area contributed by atoms with Crippen molar-refractivity contribution in [2.24, 2.45) is 7.05 Å². The average molecular weight is 339 g/mol. The van der Waals surface area contributed by atoms with Crippen LogP contribution in [0.2, 0.25) is 0 Å². The first-order valence-electron chi connectivity index (χ1n) is 8.19. The molecule has 3 aromatic rings. The summed E-state index contributed by atoms with van der Waals surface area (Å²) in [6.07, 6.45) is 3.55. The number of hydrogen-bond donors (Lipinski definition) is 0. The molecule has 0 bridgehead atoms. The van der Waals surface area contributed by atoms with E-state index in [1.54, 1.807) is 23.2 Å². The highest BCUT2D eigenvalue weighted by Gasteiger charge is 2.31. The number of benzene rings is 1. The predicted octanol–water partition coefficient (Wildman–Crippen LogP) is 2.93. The van der Waals surface area contributed by atoms with Crippen molar-refractivity contribution in [1.82, 2.24) is 14.5 Å². The number of halogens is 1. The van der Waals surface area contributed by atoms with Crippen molar-refractivity contribution in [3.8, 4) is 0 Å². The van der Waals surface area contributed by atoms with E-state index in [4.69, 9.17) is 4.74 Å². The molecule has 128 valence electrons. The van der Waals surface area contributed by atoms with Gasteiger partial charge in [-0.3, -0.25) is 9.78 Å². The molecule has 1 aromatic carbocycles. The minimum atomic E-state index is -0.437. The molecule has 25 heavy (non-hydrogen) atoms. The molecular weight excluding hydrogens is 321 g/mol. The summed E-state index contributed by atoms with van der Waals surface area (Å²) in [4.78, 5) is 19.3. The van der Waals surface area contributed by atoms with Gasteiger partial charge in [0, 0.05) is 37.1 Å². The van der Waals surface area contributed by atoms with Crippen LogP contribution in [0.25, 0.3) is 10.9 Å². The van der Waals surface area contributed by atoms with Crippen LogP contribution in [0.5, 0.6) is 0 Å². The minimum Gasteiger partial charge on any atom is -0.377 e. The Morgan fingerprint density at radius 1 is 1.32 bits per heavy atom. The van der Waals surface area contributed by atoms with Gasteiger partial charge in [0.05, 0.1) is 30.3 Å². The zero-order valence-electron chi connectivity index (χ0n) is 13.9. The Morgan fingerprint density at radius 2 is 2.20 bits per heavy atom. The Balaban J connectivity index is 1.78. The summed E-state index contributed by atoms with van der Waals surface area (Å²) in [5.74, 6) is -0.662. The number of morpholine rings is 1. The van der Waals surface area contributed by atoms with E-state index < -0.39 is 5.82 Å². The fraction of sp³-hybridized carbons (Fsp3) is 0.263. The van der Waals surface area contributed by atoms with Crippen LogP contribution in [-0.2, 0) is 11.8 Å². The molecule has 2 aromatic heterocycles. The van der Waals surface area contributed by atoms with E-state index in [0.717, 1.165) is 5.69 Å². The number of carbonyl (C=O) groups is 1. The summed E-state index contributed by atoms with van der Waals surface area (Å²) >= 11 is 0. The normalized spacial score (nSPS) is 17.8. The fourth-order valence-corrected chi connectivity index (χ4v) is 3.39. The number of rotatable bonds is 2. The van der Waals surface area contributed by atoms with Gasteiger partial charge in [0.2, 0.25) is 0 Å². The number of nitrogens with zero attached hydrogens (tertiary/aromatic N) is 3. The van der Waals surface area contributed by atoms with Crippen molar-refractivity contribution in [3.05, 3.63) is 65.9 Å². The minimum absolute atomic E-state index is 0.205. The molecular formula is C19H18FN3O2. The molecule has 5 nitrogen and oxygen atoms in total. The first kappa shape index (κ1) is 15.8. The lowest BCUT2D eigenvalue weighted by Crippen LogP contribution is -2.44. The van der Waals surface area contributed by atoms with Crippen LogP contribution in [0, 0.1) is 5.82 Å². The molecule has 6 heteroatoms. The molecule has 1 atom stereocenters. The second-order valence-electron chi connectivity index (χ2n) is 6.16. The van der Waals surface area contributed by atoms with Crippen LogP contribution in [-0.4, -0.2) is 40.1 Å². The fourth-order valence-electron chi connectivity index (χ4n) is 3.39. The average Bonchev–Trinajstić information content (AvgIpc) is 3.06. The van der Waals surface area contributed by atoms with Crippen molar-refractivity contribution >= 4 is 16.8 Å². The number of aryl methyl sites for hydroxylation is 1. The van der Waals surface area contributed by atoms with E-state index in [2.05, 4.69) is 4.98 Å². The van der Waals surface area contributed by atoms with Crippen LogP contribution in [0.3, 0.4) is 0 Å². The van der Waals surface area contributed by atoms with Crippen LogP contribution < -0.4 is 0 Å². The van der Waals surface area contributed by atoms with Gasteiger partial charge >= 0.3 is 0 Å². The number of carbonyl (C=O) groups excluding carboxylic acids is 1. The van der Waals surface area contributed by atoms with Crippen LogP contribution >= 0.6 is 0 Å². The first-order chi connectivity index (χ1) is 12.1. The van der Waals surface area contributed by atoms with Crippen molar-refractivity contribution < 1.29 is 13.9 Å².